The van der Waals surface area contributed by atoms with Gasteiger partial charge in [0.15, 0.2) is 10.9 Å². The van der Waals surface area contributed by atoms with Gasteiger partial charge in [0.1, 0.15) is 11.6 Å². The summed E-state index contributed by atoms with van der Waals surface area (Å²) >= 11 is 1.41. The Kier molecular flexibility index (Phi) is 4.95. The van der Waals surface area contributed by atoms with Crippen LogP contribution in [0.15, 0.2) is 40.0 Å². The third-order valence-electron chi connectivity index (χ3n) is 3.23. The normalized spacial score (nSPS) is 10.8. The van der Waals surface area contributed by atoms with Crippen molar-refractivity contribution >= 4 is 17.7 Å². The number of hydrogen-bond donors (Lipinski definition) is 1. The molecular weight excluding hydrogens is 326 g/mol. The third-order valence-corrected chi connectivity index (χ3v) is 4.06. The van der Waals surface area contributed by atoms with Crippen molar-refractivity contribution < 1.29 is 9.15 Å². The molecule has 0 spiro atoms. The number of aryl methyl sites for hydroxylation is 1. The molecule has 124 valence electrons. The van der Waals surface area contributed by atoms with Gasteiger partial charge in [-0.15, -0.1) is 0 Å². The number of nitrogen functional groups attached to an aromatic ring is 1. The minimum atomic E-state index is 0.230. The molecule has 2 N–H and O–H groups in total. The SMILES string of the molecule is CCc1nc(N)nc(SCc2ncc(-c3cccc(OC)c3)o2)n1. The van der Waals surface area contributed by atoms with Gasteiger partial charge in [-0.05, 0) is 12.1 Å². The molecule has 0 radical (unpaired) electrons. The molecular formula is C16H17N5O2S. The van der Waals surface area contributed by atoms with Crippen molar-refractivity contribution in [1.29, 1.82) is 0 Å². The van der Waals surface area contributed by atoms with Gasteiger partial charge in [0.05, 0.1) is 19.1 Å². The van der Waals surface area contributed by atoms with Crippen LogP contribution < -0.4 is 10.5 Å². The lowest BCUT2D eigenvalue weighted by molar-refractivity contribution is 0.414. The highest BCUT2D eigenvalue weighted by atomic mass is 32.2. The molecule has 0 saturated heterocycles. The van der Waals surface area contributed by atoms with E-state index in [9.17, 15) is 0 Å². The molecule has 3 rings (SSSR count). The van der Waals surface area contributed by atoms with E-state index in [1.807, 2.05) is 31.2 Å². The Bertz CT molecular complexity index is 837. The van der Waals surface area contributed by atoms with E-state index in [1.54, 1.807) is 13.3 Å². The molecule has 2 aromatic heterocycles. The lowest BCUT2D eigenvalue weighted by Crippen LogP contribution is -2.03. The molecule has 0 aliphatic rings. The number of nitrogens with zero attached hydrogens (tertiary/aromatic N) is 4. The van der Waals surface area contributed by atoms with Crippen molar-refractivity contribution in [1.82, 2.24) is 19.9 Å². The molecule has 0 unspecified atom stereocenters. The zero-order valence-electron chi connectivity index (χ0n) is 13.4. The molecule has 24 heavy (non-hydrogen) atoms. The summed E-state index contributed by atoms with van der Waals surface area (Å²) in [5.74, 6) is 3.47. The summed E-state index contributed by atoms with van der Waals surface area (Å²) in [6, 6.07) is 7.63. The van der Waals surface area contributed by atoms with Crippen LogP contribution in [0.3, 0.4) is 0 Å². The number of rotatable bonds is 6. The van der Waals surface area contributed by atoms with Gasteiger partial charge in [0, 0.05) is 12.0 Å². The van der Waals surface area contributed by atoms with Crippen LogP contribution in [0, 0.1) is 0 Å². The number of ether oxygens (including phenoxy) is 1. The summed E-state index contributed by atoms with van der Waals surface area (Å²) < 4.78 is 11.0. The smallest absolute Gasteiger partial charge is 0.224 e. The van der Waals surface area contributed by atoms with Gasteiger partial charge < -0.3 is 14.9 Å². The first-order valence-corrected chi connectivity index (χ1v) is 8.39. The molecule has 8 heteroatoms. The van der Waals surface area contributed by atoms with Gasteiger partial charge in [-0.1, -0.05) is 30.8 Å². The highest BCUT2D eigenvalue weighted by Gasteiger charge is 2.10. The van der Waals surface area contributed by atoms with Crippen LogP contribution in [0.1, 0.15) is 18.6 Å². The van der Waals surface area contributed by atoms with Crippen LogP contribution in [0.25, 0.3) is 11.3 Å². The molecule has 0 aliphatic carbocycles. The standard InChI is InChI=1S/C16H17N5O2S/c1-3-13-19-15(17)21-16(20-13)24-9-14-18-8-12(23-14)10-5-4-6-11(7-10)22-2/h4-8H,3,9H2,1-2H3,(H2,17,19,20,21). The van der Waals surface area contributed by atoms with Gasteiger partial charge in [0.2, 0.25) is 11.8 Å². The quantitative estimate of drug-likeness (QED) is 0.682. The Balaban J connectivity index is 1.71. The van der Waals surface area contributed by atoms with Crippen molar-refractivity contribution in [2.45, 2.75) is 24.3 Å². The Morgan fingerprint density at radius 1 is 1.25 bits per heavy atom. The summed E-state index contributed by atoms with van der Waals surface area (Å²) in [5, 5.41) is 0.570. The second-order valence-electron chi connectivity index (χ2n) is 4.88. The molecule has 0 aliphatic heterocycles. The largest absolute Gasteiger partial charge is 0.497 e. The first-order chi connectivity index (χ1) is 11.7. The zero-order chi connectivity index (χ0) is 16.9. The van der Waals surface area contributed by atoms with Crippen LogP contribution in [0.4, 0.5) is 5.95 Å². The van der Waals surface area contributed by atoms with E-state index in [1.165, 1.54) is 11.8 Å². The van der Waals surface area contributed by atoms with E-state index in [-0.39, 0.29) is 5.95 Å². The summed E-state index contributed by atoms with van der Waals surface area (Å²) in [6.07, 6.45) is 2.41. The van der Waals surface area contributed by atoms with E-state index >= 15 is 0 Å². The number of methoxy groups -OCH3 is 1. The van der Waals surface area contributed by atoms with E-state index in [0.29, 0.717) is 34.8 Å². The van der Waals surface area contributed by atoms with Gasteiger partial charge in [-0.25, -0.2) is 9.97 Å². The Morgan fingerprint density at radius 3 is 2.92 bits per heavy atom. The lowest BCUT2D eigenvalue weighted by atomic mass is 10.2. The maximum atomic E-state index is 5.79. The van der Waals surface area contributed by atoms with Gasteiger partial charge in [0.25, 0.3) is 0 Å². The van der Waals surface area contributed by atoms with E-state index < -0.39 is 0 Å². The Hall–Kier alpha value is -2.61. The number of thioether (sulfide) groups is 1. The number of benzene rings is 1. The third kappa shape index (κ3) is 3.83. The van der Waals surface area contributed by atoms with E-state index in [0.717, 1.165) is 11.3 Å². The average molecular weight is 343 g/mol. The van der Waals surface area contributed by atoms with Crippen molar-refractivity contribution in [2.75, 3.05) is 12.8 Å². The van der Waals surface area contributed by atoms with Gasteiger partial charge >= 0.3 is 0 Å². The summed E-state index contributed by atoms with van der Waals surface area (Å²) in [7, 11) is 1.63. The molecule has 3 aromatic rings. The minimum absolute atomic E-state index is 0.230. The van der Waals surface area contributed by atoms with Gasteiger partial charge in [-0.3, -0.25) is 0 Å². The molecule has 0 fully saturated rings. The summed E-state index contributed by atoms with van der Waals surface area (Å²) in [5.41, 5.74) is 6.60. The van der Waals surface area contributed by atoms with E-state index in [2.05, 4.69) is 19.9 Å². The maximum absolute atomic E-state index is 5.79. The van der Waals surface area contributed by atoms with E-state index in [4.69, 9.17) is 14.9 Å². The van der Waals surface area contributed by atoms with Crippen LogP contribution in [0.2, 0.25) is 0 Å². The van der Waals surface area contributed by atoms with Crippen molar-refractivity contribution in [3.8, 4) is 17.1 Å². The van der Waals surface area contributed by atoms with Crippen molar-refractivity contribution in [2.24, 2.45) is 0 Å². The fourth-order valence-electron chi connectivity index (χ4n) is 2.05. The number of nitrogens with two attached hydrogens (primary N) is 1. The zero-order valence-corrected chi connectivity index (χ0v) is 14.2. The molecule has 1 aromatic carbocycles. The number of hydrogen-bond acceptors (Lipinski definition) is 8. The number of anilines is 1. The monoisotopic (exact) mass is 343 g/mol. The molecule has 0 bridgehead atoms. The van der Waals surface area contributed by atoms with Crippen LogP contribution in [-0.4, -0.2) is 27.0 Å². The second-order valence-corrected chi connectivity index (χ2v) is 5.83. The predicted octanol–water partition coefficient (Wildman–Crippen LogP) is 2.97. The van der Waals surface area contributed by atoms with Crippen LogP contribution in [-0.2, 0) is 12.2 Å². The summed E-state index contributed by atoms with van der Waals surface area (Å²) in [6.45, 7) is 1.97. The predicted molar refractivity (Wildman–Crippen MR) is 91.7 cm³/mol. The molecule has 0 atom stereocenters. The Morgan fingerprint density at radius 2 is 2.12 bits per heavy atom. The number of oxazole rings is 1. The molecule has 2 heterocycles. The molecule has 0 amide bonds. The van der Waals surface area contributed by atoms with Crippen molar-refractivity contribution in [3.05, 3.63) is 42.2 Å². The fourth-order valence-corrected chi connectivity index (χ4v) is 2.77. The van der Waals surface area contributed by atoms with Crippen LogP contribution in [0.5, 0.6) is 5.75 Å². The topological polar surface area (TPSA) is 100.0 Å². The average Bonchev–Trinajstić information content (AvgIpc) is 3.08. The molecule has 7 nitrogen and oxygen atoms in total. The highest BCUT2D eigenvalue weighted by molar-refractivity contribution is 7.98. The first kappa shape index (κ1) is 16.3. The Labute approximate surface area is 143 Å². The van der Waals surface area contributed by atoms with Crippen molar-refractivity contribution in [3.63, 3.8) is 0 Å². The fraction of sp³-hybridized carbons (Fsp3) is 0.250. The van der Waals surface area contributed by atoms with Crippen LogP contribution >= 0.6 is 11.8 Å². The molecule has 0 saturated carbocycles. The minimum Gasteiger partial charge on any atom is -0.497 e. The summed E-state index contributed by atoms with van der Waals surface area (Å²) in [4.78, 5) is 16.8. The maximum Gasteiger partial charge on any atom is 0.224 e. The lowest BCUT2D eigenvalue weighted by Gasteiger charge is -2.02. The second kappa shape index (κ2) is 7.31. The number of aromatic nitrogens is 4. The first-order valence-electron chi connectivity index (χ1n) is 7.40. The highest BCUT2D eigenvalue weighted by Crippen LogP contribution is 2.26. The van der Waals surface area contributed by atoms with Gasteiger partial charge in [-0.2, -0.15) is 9.97 Å².